The average molecular weight is 409 g/mol. The third-order valence-corrected chi connectivity index (χ3v) is 5.08. The summed E-state index contributed by atoms with van der Waals surface area (Å²) < 4.78 is 30.8. The number of morpholine rings is 1. The second-order valence-electron chi connectivity index (χ2n) is 6.57. The summed E-state index contributed by atoms with van der Waals surface area (Å²) in [5.41, 5.74) is 1.29. The van der Waals surface area contributed by atoms with E-state index in [1.54, 1.807) is 19.2 Å². The van der Waals surface area contributed by atoms with Crippen LogP contribution in [0.15, 0.2) is 36.4 Å². The van der Waals surface area contributed by atoms with Gasteiger partial charge in [-0.05, 0) is 18.2 Å². The van der Waals surface area contributed by atoms with Gasteiger partial charge in [0.2, 0.25) is 0 Å². The molecule has 0 unspecified atom stereocenters. The van der Waals surface area contributed by atoms with E-state index in [1.807, 2.05) is 18.2 Å². The lowest BCUT2D eigenvalue weighted by molar-refractivity contribution is 0.0384. The van der Waals surface area contributed by atoms with E-state index in [2.05, 4.69) is 10.2 Å². The van der Waals surface area contributed by atoms with Gasteiger partial charge < -0.3 is 19.5 Å². The Hall–Kier alpha value is -1.86. The molecule has 2 aromatic carbocycles. The molecular weight excluding hydrogens is 383 g/mol. The molecule has 5 nitrogen and oxygen atoms in total. The summed E-state index contributed by atoms with van der Waals surface area (Å²) in [6, 6.07) is 10.3. The van der Waals surface area contributed by atoms with E-state index in [9.17, 15) is 4.39 Å². The summed E-state index contributed by atoms with van der Waals surface area (Å²) in [4.78, 5) is 2.37. The van der Waals surface area contributed by atoms with E-state index in [0.29, 0.717) is 28.6 Å². The summed E-state index contributed by atoms with van der Waals surface area (Å²) in [5, 5.41) is 3.79. The van der Waals surface area contributed by atoms with Crippen LogP contribution in [0.1, 0.15) is 11.1 Å². The Morgan fingerprint density at radius 1 is 1.18 bits per heavy atom. The smallest absolute Gasteiger partial charge is 0.166 e. The molecular formula is C21H26ClFN2O3. The summed E-state index contributed by atoms with van der Waals surface area (Å²) in [5.74, 6) is 0.829. The molecule has 0 aliphatic carbocycles. The van der Waals surface area contributed by atoms with Crippen LogP contribution in [0, 0.1) is 5.82 Å². The van der Waals surface area contributed by atoms with Gasteiger partial charge in [0.25, 0.3) is 0 Å². The summed E-state index contributed by atoms with van der Waals surface area (Å²) in [6.07, 6.45) is 0. The standard InChI is InChI=1S/C21H26ClFN2O3/c1-26-20-7-2-4-16(14-24-8-9-25-10-12-27-13-11-25)21(20)28-15-17-18(22)5-3-6-19(17)23/h2-7,24H,8-15H2,1H3. The van der Waals surface area contributed by atoms with Gasteiger partial charge in [-0.25, -0.2) is 4.39 Å². The highest BCUT2D eigenvalue weighted by Gasteiger charge is 2.14. The first-order chi connectivity index (χ1) is 13.7. The molecule has 7 heteroatoms. The molecule has 1 fully saturated rings. The van der Waals surface area contributed by atoms with E-state index in [1.165, 1.54) is 6.07 Å². The van der Waals surface area contributed by atoms with Crippen molar-refractivity contribution < 1.29 is 18.6 Å². The Labute approximate surface area is 170 Å². The van der Waals surface area contributed by atoms with Crippen molar-refractivity contribution in [2.45, 2.75) is 13.2 Å². The SMILES string of the molecule is COc1cccc(CNCCN2CCOCC2)c1OCc1c(F)cccc1Cl. The maximum Gasteiger partial charge on any atom is 0.166 e. The second-order valence-corrected chi connectivity index (χ2v) is 6.98. The first-order valence-corrected chi connectivity index (χ1v) is 9.79. The Balaban J connectivity index is 1.61. The molecule has 152 valence electrons. The number of benzene rings is 2. The molecule has 0 aromatic heterocycles. The molecule has 1 aliphatic heterocycles. The normalized spacial score (nSPS) is 14.8. The fourth-order valence-electron chi connectivity index (χ4n) is 3.12. The van der Waals surface area contributed by atoms with Gasteiger partial charge >= 0.3 is 0 Å². The lowest BCUT2D eigenvalue weighted by Gasteiger charge is -2.26. The first-order valence-electron chi connectivity index (χ1n) is 9.41. The van der Waals surface area contributed by atoms with E-state index >= 15 is 0 Å². The molecule has 2 aromatic rings. The number of ether oxygens (including phenoxy) is 3. The molecule has 0 bridgehead atoms. The number of hydrogen-bond donors (Lipinski definition) is 1. The molecule has 28 heavy (non-hydrogen) atoms. The maximum absolute atomic E-state index is 14.0. The summed E-state index contributed by atoms with van der Waals surface area (Å²) in [7, 11) is 1.59. The van der Waals surface area contributed by atoms with Gasteiger partial charge in [-0.3, -0.25) is 4.90 Å². The number of halogens is 2. The number of methoxy groups -OCH3 is 1. The maximum atomic E-state index is 14.0. The molecule has 1 N–H and O–H groups in total. The van der Waals surface area contributed by atoms with Gasteiger partial charge in [0.1, 0.15) is 12.4 Å². The Kier molecular flexibility index (Phi) is 7.91. The van der Waals surface area contributed by atoms with E-state index in [0.717, 1.165) is 45.0 Å². The predicted octanol–water partition coefficient (Wildman–Crippen LogP) is 3.49. The Morgan fingerprint density at radius 3 is 2.71 bits per heavy atom. The predicted molar refractivity (Wildman–Crippen MR) is 108 cm³/mol. The van der Waals surface area contributed by atoms with Crippen LogP contribution in [0.3, 0.4) is 0 Å². The summed E-state index contributed by atoms with van der Waals surface area (Å²) >= 11 is 6.11. The molecule has 0 radical (unpaired) electrons. The Bertz CT molecular complexity index is 749. The lowest BCUT2D eigenvalue weighted by Crippen LogP contribution is -2.40. The highest BCUT2D eigenvalue weighted by Crippen LogP contribution is 2.32. The van der Waals surface area contributed by atoms with Crippen LogP contribution in [0.4, 0.5) is 4.39 Å². The van der Waals surface area contributed by atoms with Crippen LogP contribution in [0.2, 0.25) is 5.02 Å². The van der Waals surface area contributed by atoms with E-state index < -0.39 is 0 Å². The minimum absolute atomic E-state index is 0.0344. The number of nitrogens with one attached hydrogen (secondary N) is 1. The van der Waals surface area contributed by atoms with Crippen molar-refractivity contribution in [1.29, 1.82) is 0 Å². The molecule has 3 rings (SSSR count). The summed E-state index contributed by atoms with van der Waals surface area (Å²) in [6.45, 7) is 6.02. The molecule has 0 amide bonds. The van der Waals surface area contributed by atoms with Crippen molar-refractivity contribution in [1.82, 2.24) is 10.2 Å². The number of para-hydroxylation sites is 1. The van der Waals surface area contributed by atoms with Crippen molar-refractivity contribution in [3.8, 4) is 11.5 Å². The van der Waals surface area contributed by atoms with E-state index in [-0.39, 0.29) is 12.4 Å². The highest BCUT2D eigenvalue weighted by atomic mass is 35.5. The zero-order valence-corrected chi connectivity index (χ0v) is 16.8. The van der Waals surface area contributed by atoms with Crippen molar-refractivity contribution in [3.05, 3.63) is 58.4 Å². The van der Waals surface area contributed by atoms with Gasteiger partial charge in [-0.1, -0.05) is 29.8 Å². The van der Waals surface area contributed by atoms with Crippen molar-refractivity contribution in [3.63, 3.8) is 0 Å². The van der Waals surface area contributed by atoms with Crippen molar-refractivity contribution >= 4 is 11.6 Å². The minimum Gasteiger partial charge on any atom is -0.493 e. The minimum atomic E-state index is -0.382. The first kappa shape index (κ1) is 20.9. The number of nitrogens with zero attached hydrogens (tertiary/aromatic N) is 1. The largest absolute Gasteiger partial charge is 0.493 e. The van der Waals surface area contributed by atoms with Crippen molar-refractivity contribution in [2.24, 2.45) is 0 Å². The van der Waals surface area contributed by atoms with E-state index in [4.69, 9.17) is 25.8 Å². The zero-order chi connectivity index (χ0) is 19.8. The zero-order valence-electron chi connectivity index (χ0n) is 16.0. The molecule has 0 saturated carbocycles. The number of hydrogen-bond acceptors (Lipinski definition) is 5. The molecule has 1 heterocycles. The molecule has 0 atom stereocenters. The van der Waals surface area contributed by atoms with Gasteiger partial charge in [0.05, 0.1) is 25.3 Å². The topological polar surface area (TPSA) is 43.0 Å². The second kappa shape index (κ2) is 10.6. The van der Waals surface area contributed by atoms with Crippen LogP contribution in [0.25, 0.3) is 0 Å². The van der Waals surface area contributed by atoms with Crippen LogP contribution < -0.4 is 14.8 Å². The molecule has 1 saturated heterocycles. The third-order valence-electron chi connectivity index (χ3n) is 4.73. The molecule has 1 aliphatic rings. The van der Waals surface area contributed by atoms with Crippen molar-refractivity contribution in [2.75, 3.05) is 46.5 Å². The fourth-order valence-corrected chi connectivity index (χ4v) is 3.34. The molecule has 0 spiro atoms. The quantitative estimate of drug-likeness (QED) is 0.643. The van der Waals surface area contributed by atoms with Gasteiger partial charge in [-0.15, -0.1) is 0 Å². The van der Waals surface area contributed by atoms with Crippen LogP contribution >= 0.6 is 11.6 Å². The van der Waals surface area contributed by atoms with Gasteiger partial charge in [-0.2, -0.15) is 0 Å². The lowest BCUT2D eigenvalue weighted by atomic mass is 10.1. The van der Waals surface area contributed by atoms with Crippen LogP contribution in [0.5, 0.6) is 11.5 Å². The highest BCUT2D eigenvalue weighted by molar-refractivity contribution is 6.31. The average Bonchev–Trinajstić information content (AvgIpc) is 2.72. The monoisotopic (exact) mass is 408 g/mol. The van der Waals surface area contributed by atoms with Gasteiger partial charge in [0.15, 0.2) is 11.5 Å². The van der Waals surface area contributed by atoms with Crippen LogP contribution in [-0.4, -0.2) is 51.4 Å². The van der Waals surface area contributed by atoms with Crippen LogP contribution in [-0.2, 0) is 17.9 Å². The van der Waals surface area contributed by atoms with Gasteiger partial charge in [0, 0.05) is 43.9 Å². The Morgan fingerprint density at radius 2 is 1.96 bits per heavy atom. The third kappa shape index (κ3) is 5.58. The number of rotatable bonds is 9. The fraction of sp³-hybridized carbons (Fsp3) is 0.429.